The lowest BCUT2D eigenvalue weighted by molar-refractivity contribution is 0.0161. The van der Waals surface area contributed by atoms with Gasteiger partial charge in [0.25, 0.3) is 0 Å². The Morgan fingerprint density at radius 1 is 1.70 bits per heavy atom. The molecule has 1 N–H and O–H groups in total. The lowest BCUT2D eigenvalue weighted by Gasteiger charge is -2.25. The van der Waals surface area contributed by atoms with Crippen LogP contribution in [0.2, 0.25) is 0 Å². The maximum absolute atomic E-state index is 8.30. The lowest BCUT2D eigenvalue weighted by Crippen LogP contribution is -2.35. The SMILES string of the molecule is CC1CC(NC#N)CCO1. The summed E-state index contributed by atoms with van der Waals surface area (Å²) < 4.78 is 5.30. The summed E-state index contributed by atoms with van der Waals surface area (Å²) in [6, 6.07) is 0.341. The zero-order chi connectivity index (χ0) is 7.40. The third-order valence-electron chi connectivity index (χ3n) is 1.75. The van der Waals surface area contributed by atoms with Gasteiger partial charge in [-0.25, -0.2) is 0 Å². The molecule has 0 spiro atoms. The van der Waals surface area contributed by atoms with Crippen LogP contribution in [0.15, 0.2) is 0 Å². The first kappa shape index (κ1) is 7.36. The molecule has 0 aromatic heterocycles. The Labute approximate surface area is 61.0 Å². The summed E-state index contributed by atoms with van der Waals surface area (Å²) in [5.74, 6) is 0. The first-order valence-corrected chi connectivity index (χ1v) is 3.59. The zero-order valence-corrected chi connectivity index (χ0v) is 6.13. The Hall–Kier alpha value is -0.750. The van der Waals surface area contributed by atoms with E-state index >= 15 is 0 Å². The minimum atomic E-state index is 0.305. The second-order valence-corrected chi connectivity index (χ2v) is 2.66. The number of rotatable bonds is 1. The molecule has 0 aromatic rings. The first-order valence-electron chi connectivity index (χ1n) is 3.59. The van der Waals surface area contributed by atoms with Gasteiger partial charge >= 0.3 is 0 Å². The van der Waals surface area contributed by atoms with Gasteiger partial charge in [0.2, 0.25) is 0 Å². The van der Waals surface area contributed by atoms with Crippen LogP contribution in [-0.2, 0) is 4.74 Å². The maximum atomic E-state index is 8.30. The Kier molecular flexibility index (Phi) is 2.52. The van der Waals surface area contributed by atoms with E-state index < -0.39 is 0 Å². The van der Waals surface area contributed by atoms with E-state index in [2.05, 4.69) is 5.32 Å². The van der Waals surface area contributed by atoms with E-state index in [1.807, 2.05) is 13.1 Å². The predicted octanol–water partition coefficient (Wildman–Crippen LogP) is 0.625. The van der Waals surface area contributed by atoms with E-state index in [0.29, 0.717) is 12.1 Å². The van der Waals surface area contributed by atoms with Crippen molar-refractivity contribution in [3.63, 3.8) is 0 Å². The largest absolute Gasteiger partial charge is 0.378 e. The normalized spacial score (nSPS) is 32.8. The van der Waals surface area contributed by atoms with Gasteiger partial charge < -0.3 is 10.1 Å². The fourth-order valence-electron chi connectivity index (χ4n) is 1.22. The minimum absolute atomic E-state index is 0.305. The number of nitrogens with one attached hydrogen (secondary N) is 1. The summed E-state index contributed by atoms with van der Waals surface area (Å²) in [4.78, 5) is 0. The van der Waals surface area contributed by atoms with Gasteiger partial charge in [0.15, 0.2) is 6.19 Å². The highest BCUT2D eigenvalue weighted by Crippen LogP contribution is 2.12. The number of hydrogen-bond donors (Lipinski definition) is 1. The van der Waals surface area contributed by atoms with Crippen molar-refractivity contribution < 1.29 is 4.74 Å². The van der Waals surface area contributed by atoms with Crippen LogP contribution in [0.25, 0.3) is 0 Å². The van der Waals surface area contributed by atoms with Crippen molar-refractivity contribution in [3.05, 3.63) is 0 Å². The third kappa shape index (κ3) is 1.89. The van der Waals surface area contributed by atoms with Gasteiger partial charge in [-0.2, -0.15) is 5.26 Å². The smallest absolute Gasteiger partial charge is 0.176 e. The summed E-state index contributed by atoms with van der Waals surface area (Å²) in [6.07, 6.45) is 4.17. The van der Waals surface area contributed by atoms with Crippen LogP contribution in [0, 0.1) is 11.5 Å². The quantitative estimate of drug-likeness (QED) is 0.429. The molecule has 1 fully saturated rings. The Balaban J connectivity index is 2.27. The van der Waals surface area contributed by atoms with Crippen molar-refractivity contribution in [2.45, 2.75) is 31.9 Å². The van der Waals surface area contributed by atoms with Gasteiger partial charge in [0.05, 0.1) is 6.10 Å². The fraction of sp³-hybridized carbons (Fsp3) is 0.857. The van der Waals surface area contributed by atoms with Gasteiger partial charge in [-0.1, -0.05) is 0 Å². The molecule has 2 unspecified atom stereocenters. The standard InChI is InChI=1S/C7H12N2O/c1-6-4-7(9-5-8)2-3-10-6/h6-7,9H,2-4H2,1H3. The van der Waals surface area contributed by atoms with Crippen molar-refractivity contribution in [1.82, 2.24) is 5.32 Å². The molecule has 1 saturated heterocycles. The molecule has 0 radical (unpaired) electrons. The summed E-state index contributed by atoms with van der Waals surface area (Å²) in [5.41, 5.74) is 0. The molecule has 1 aliphatic rings. The second kappa shape index (κ2) is 3.43. The van der Waals surface area contributed by atoms with Crippen molar-refractivity contribution in [2.75, 3.05) is 6.61 Å². The molecule has 2 atom stereocenters. The van der Waals surface area contributed by atoms with Gasteiger partial charge in [0.1, 0.15) is 0 Å². The Morgan fingerprint density at radius 2 is 2.50 bits per heavy atom. The molecule has 1 heterocycles. The highest BCUT2D eigenvalue weighted by molar-refractivity contribution is 4.80. The van der Waals surface area contributed by atoms with Gasteiger partial charge in [-0.3, -0.25) is 0 Å². The number of nitrogens with zero attached hydrogens (tertiary/aromatic N) is 1. The third-order valence-corrected chi connectivity index (χ3v) is 1.75. The highest BCUT2D eigenvalue weighted by atomic mass is 16.5. The Morgan fingerprint density at radius 3 is 3.10 bits per heavy atom. The zero-order valence-electron chi connectivity index (χ0n) is 6.13. The fourth-order valence-corrected chi connectivity index (χ4v) is 1.22. The number of ether oxygens (including phenoxy) is 1. The maximum Gasteiger partial charge on any atom is 0.176 e. The van der Waals surface area contributed by atoms with Crippen LogP contribution in [0.3, 0.4) is 0 Å². The average molecular weight is 140 g/mol. The van der Waals surface area contributed by atoms with Crippen LogP contribution in [0.1, 0.15) is 19.8 Å². The molecule has 1 aliphatic heterocycles. The molecular formula is C7H12N2O. The highest BCUT2D eigenvalue weighted by Gasteiger charge is 2.17. The molecule has 0 amide bonds. The molecule has 3 nitrogen and oxygen atoms in total. The van der Waals surface area contributed by atoms with Crippen LogP contribution >= 0.6 is 0 Å². The van der Waals surface area contributed by atoms with Crippen molar-refractivity contribution in [1.29, 1.82) is 5.26 Å². The topological polar surface area (TPSA) is 45.0 Å². The van der Waals surface area contributed by atoms with Crippen LogP contribution < -0.4 is 5.32 Å². The molecule has 0 aliphatic carbocycles. The molecular weight excluding hydrogens is 128 g/mol. The van der Waals surface area contributed by atoms with E-state index in [4.69, 9.17) is 10.00 Å². The molecule has 0 bridgehead atoms. The minimum Gasteiger partial charge on any atom is -0.378 e. The molecule has 0 saturated carbocycles. The van der Waals surface area contributed by atoms with Crippen molar-refractivity contribution in [2.24, 2.45) is 0 Å². The molecule has 0 aromatic carbocycles. The number of hydrogen-bond acceptors (Lipinski definition) is 3. The van der Waals surface area contributed by atoms with Gasteiger partial charge in [-0.15, -0.1) is 0 Å². The molecule has 10 heavy (non-hydrogen) atoms. The average Bonchev–Trinajstić information content (AvgIpc) is 1.88. The number of nitriles is 1. The predicted molar refractivity (Wildman–Crippen MR) is 37.2 cm³/mol. The monoisotopic (exact) mass is 140 g/mol. The first-order chi connectivity index (χ1) is 4.83. The van der Waals surface area contributed by atoms with Crippen LogP contribution in [-0.4, -0.2) is 18.8 Å². The van der Waals surface area contributed by atoms with Crippen molar-refractivity contribution in [3.8, 4) is 6.19 Å². The van der Waals surface area contributed by atoms with Crippen LogP contribution in [0.4, 0.5) is 0 Å². The summed E-state index contributed by atoms with van der Waals surface area (Å²) in [6.45, 7) is 2.81. The van der Waals surface area contributed by atoms with E-state index in [1.54, 1.807) is 0 Å². The van der Waals surface area contributed by atoms with Crippen molar-refractivity contribution >= 4 is 0 Å². The van der Waals surface area contributed by atoms with Gasteiger partial charge in [0, 0.05) is 12.6 Å². The van der Waals surface area contributed by atoms with E-state index in [-0.39, 0.29) is 0 Å². The van der Waals surface area contributed by atoms with E-state index in [9.17, 15) is 0 Å². The summed E-state index contributed by atoms with van der Waals surface area (Å²) >= 11 is 0. The lowest BCUT2D eigenvalue weighted by atomic mass is 10.1. The Bertz CT molecular complexity index is 141. The van der Waals surface area contributed by atoms with Gasteiger partial charge in [-0.05, 0) is 19.8 Å². The molecule has 1 rings (SSSR count). The second-order valence-electron chi connectivity index (χ2n) is 2.66. The van der Waals surface area contributed by atoms with Crippen LogP contribution in [0.5, 0.6) is 0 Å². The summed E-state index contributed by atoms with van der Waals surface area (Å²) in [7, 11) is 0. The van der Waals surface area contributed by atoms with E-state index in [0.717, 1.165) is 19.4 Å². The summed E-state index contributed by atoms with van der Waals surface area (Å²) in [5, 5.41) is 11.0. The molecule has 56 valence electrons. The van der Waals surface area contributed by atoms with E-state index in [1.165, 1.54) is 0 Å². The molecule has 3 heteroatoms.